The first kappa shape index (κ1) is 18.5. The first-order valence-corrected chi connectivity index (χ1v) is 9.59. The molecule has 28 heavy (non-hydrogen) atoms. The predicted octanol–water partition coefficient (Wildman–Crippen LogP) is 4.69. The summed E-state index contributed by atoms with van der Waals surface area (Å²) < 4.78 is 0. The number of nitrogens with zero attached hydrogens (tertiary/aromatic N) is 3. The van der Waals surface area contributed by atoms with Gasteiger partial charge in [0.1, 0.15) is 5.82 Å². The number of hydrogen-bond donors (Lipinski definition) is 1. The van der Waals surface area contributed by atoms with Gasteiger partial charge in [-0.25, -0.2) is 0 Å². The van der Waals surface area contributed by atoms with Crippen molar-refractivity contribution in [1.82, 2.24) is 4.98 Å². The number of nitrogens with two attached hydrogens (primary N) is 1. The Morgan fingerprint density at radius 1 is 1.21 bits per heavy atom. The fourth-order valence-corrected chi connectivity index (χ4v) is 4.18. The summed E-state index contributed by atoms with van der Waals surface area (Å²) in [5.74, 6) is -0.191. The van der Waals surface area contributed by atoms with E-state index in [1.165, 1.54) is 0 Å². The maximum absolute atomic E-state index is 13.0. The summed E-state index contributed by atoms with van der Waals surface area (Å²) in [7, 11) is 0. The molecule has 0 amide bonds. The number of nitriles is 1. The van der Waals surface area contributed by atoms with Gasteiger partial charge in [0, 0.05) is 35.8 Å². The van der Waals surface area contributed by atoms with Crippen LogP contribution in [-0.2, 0) is 4.79 Å². The van der Waals surface area contributed by atoms with Gasteiger partial charge in [-0.15, -0.1) is 0 Å². The maximum atomic E-state index is 13.0. The van der Waals surface area contributed by atoms with Crippen LogP contribution in [0.25, 0.3) is 0 Å². The molecule has 0 saturated heterocycles. The number of Topliss-reactive ketones (excluding diaryl/α,β-unsaturated/α-hetero) is 1. The Kier molecular flexibility index (Phi) is 4.84. The van der Waals surface area contributed by atoms with E-state index in [2.05, 4.69) is 11.1 Å². The lowest BCUT2D eigenvalue weighted by Gasteiger charge is -2.39. The smallest absolute Gasteiger partial charge is 0.161 e. The lowest BCUT2D eigenvalue weighted by Crippen LogP contribution is -2.38. The van der Waals surface area contributed by atoms with Crippen LogP contribution in [0.2, 0.25) is 10.0 Å². The summed E-state index contributed by atoms with van der Waals surface area (Å²) in [4.78, 5) is 18.9. The highest BCUT2D eigenvalue weighted by Gasteiger charge is 2.40. The van der Waals surface area contributed by atoms with Crippen molar-refractivity contribution in [1.29, 1.82) is 5.26 Å². The summed E-state index contributed by atoms with van der Waals surface area (Å²) in [6, 6.07) is 11.0. The summed E-state index contributed by atoms with van der Waals surface area (Å²) in [6.45, 7) is 0. The van der Waals surface area contributed by atoms with Crippen molar-refractivity contribution in [3.05, 3.63) is 81.0 Å². The molecule has 1 aromatic heterocycles. The monoisotopic (exact) mass is 410 g/mol. The number of aromatic nitrogens is 1. The standard InChI is InChI=1S/C21H16Cl2N4O/c22-15-7-6-13(9-16(15)23)27-17-4-1-5-18(28)20(17)19(14(10-24)21(27)25)12-3-2-8-26-11-12/h2-3,6-9,11,19H,1,4-5,25H2/t19-/m1/s1. The Bertz CT molecular complexity index is 1070. The molecule has 2 aromatic rings. The summed E-state index contributed by atoms with van der Waals surface area (Å²) >= 11 is 12.3. The molecule has 0 fully saturated rings. The molecule has 0 saturated carbocycles. The number of hydrogen-bond acceptors (Lipinski definition) is 5. The second-order valence-corrected chi connectivity index (χ2v) is 7.52. The normalized spacial score (nSPS) is 19.5. The van der Waals surface area contributed by atoms with Crippen LogP contribution in [0.3, 0.4) is 0 Å². The highest BCUT2D eigenvalue weighted by molar-refractivity contribution is 6.42. The number of halogens is 2. The molecule has 1 aliphatic carbocycles. The number of carbonyl (C=O) groups excluding carboxylic acids is 1. The highest BCUT2D eigenvalue weighted by atomic mass is 35.5. The van der Waals surface area contributed by atoms with Crippen molar-refractivity contribution >= 4 is 34.7 Å². The molecular weight excluding hydrogens is 395 g/mol. The maximum Gasteiger partial charge on any atom is 0.161 e. The van der Waals surface area contributed by atoms with Crippen molar-refractivity contribution in [2.75, 3.05) is 4.90 Å². The molecule has 0 radical (unpaired) electrons. The van der Waals surface area contributed by atoms with Gasteiger partial charge in [-0.2, -0.15) is 5.26 Å². The average molecular weight is 411 g/mol. The molecule has 4 rings (SSSR count). The Balaban J connectivity index is 1.97. The van der Waals surface area contributed by atoms with Gasteiger partial charge in [-0.1, -0.05) is 29.3 Å². The van der Waals surface area contributed by atoms with Gasteiger partial charge in [0.05, 0.1) is 27.6 Å². The lowest BCUT2D eigenvalue weighted by molar-refractivity contribution is -0.116. The second-order valence-electron chi connectivity index (χ2n) is 6.70. The molecule has 2 N–H and O–H groups in total. The Morgan fingerprint density at radius 2 is 2.04 bits per heavy atom. The SMILES string of the molecule is N#CC1=C(N)N(c2ccc(Cl)c(Cl)c2)C2=C(C(=O)CCC2)[C@@H]1c1cccnc1. The molecule has 1 aromatic carbocycles. The van der Waals surface area contributed by atoms with E-state index in [1.54, 1.807) is 41.6 Å². The minimum Gasteiger partial charge on any atom is -0.384 e. The number of pyridine rings is 1. The van der Waals surface area contributed by atoms with Crippen LogP contribution in [-0.4, -0.2) is 10.8 Å². The summed E-state index contributed by atoms with van der Waals surface area (Å²) in [6.07, 6.45) is 5.19. The van der Waals surface area contributed by atoms with Gasteiger partial charge in [0.25, 0.3) is 0 Å². The third kappa shape index (κ3) is 2.95. The van der Waals surface area contributed by atoms with E-state index in [4.69, 9.17) is 28.9 Å². The van der Waals surface area contributed by atoms with E-state index in [0.717, 1.165) is 17.7 Å². The van der Waals surface area contributed by atoms with Crippen molar-refractivity contribution in [2.24, 2.45) is 5.73 Å². The molecule has 0 unspecified atom stereocenters. The van der Waals surface area contributed by atoms with Gasteiger partial charge in [-0.3, -0.25) is 14.7 Å². The zero-order valence-electron chi connectivity index (χ0n) is 14.8. The molecule has 0 spiro atoms. The van der Waals surface area contributed by atoms with E-state index >= 15 is 0 Å². The van der Waals surface area contributed by atoms with Crippen LogP contribution in [0.4, 0.5) is 5.69 Å². The van der Waals surface area contributed by atoms with Crippen molar-refractivity contribution in [3.8, 4) is 6.07 Å². The van der Waals surface area contributed by atoms with E-state index < -0.39 is 5.92 Å². The van der Waals surface area contributed by atoms with E-state index in [9.17, 15) is 10.1 Å². The first-order chi connectivity index (χ1) is 13.5. The predicted molar refractivity (Wildman–Crippen MR) is 109 cm³/mol. The van der Waals surface area contributed by atoms with Crippen LogP contribution >= 0.6 is 23.2 Å². The van der Waals surface area contributed by atoms with E-state index in [0.29, 0.717) is 45.5 Å². The Morgan fingerprint density at radius 3 is 2.71 bits per heavy atom. The fourth-order valence-electron chi connectivity index (χ4n) is 3.89. The van der Waals surface area contributed by atoms with Gasteiger partial charge < -0.3 is 5.73 Å². The number of ketones is 1. The van der Waals surface area contributed by atoms with Crippen LogP contribution in [0.1, 0.15) is 30.7 Å². The van der Waals surface area contributed by atoms with Crippen LogP contribution in [0.5, 0.6) is 0 Å². The second kappa shape index (κ2) is 7.31. The summed E-state index contributed by atoms with van der Waals surface area (Å²) in [5.41, 5.74) is 9.66. The molecule has 7 heteroatoms. The molecule has 1 aliphatic heterocycles. The van der Waals surface area contributed by atoms with Gasteiger partial charge >= 0.3 is 0 Å². The van der Waals surface area contributed by atoms with Crippen LogP contribution in [0.15, 0.2) is 65.4 Å². The quantitative estimate of drug-likeness (QED) is 0.775. The Labute approximate surface area is 172 Å². The molecule has 5 nitrogen and oxygen atoms in total. The third-order valence-electron chi connectivity index (χ3n) is 5.09. The van der Waals surface area contributed by atoms with Crippen LogP contribution < -0.4 is 10.6 Å². The van der Waals surface area contributed by atoms with Crippen molar-refractivity contribution < 1.29 is 4.79 Å². The first-order valence-electron chi connectivity index (χ1n) is 8.84. The van der Waals surface area contributed by atoms with E-state index in [-0.39, 0.29) is 5.78 Å². The average Bonchev–Trinajstić information content (AvgIpc) is 2.70. The minimum atomic E-state index is -0.513. The molecular formula is C21H16Cl2N4O. The molecule has 2 heterocycles. The minimum absolute atomic E-state index is 0.0282. The topological polar surface area (TPSA) is 83.0 Å². The number of allylic oxidation sites excluding steroid dienone is 3. The zero-order valence-corrected chi connectivity index (χ0v) is 16.3. The van der Waals surface area contributed by atoms with Crippen molar-refractivity contribution in [3.63, 3.8) is 0 Å². The number of benzene rings is 1. The molecule has 2 aliphatic rings. The number of anilines is 1. The largest absolute Gasteiger partial charge is 0.384 e. The lowest BCUT2D eigenvalue weighted by atomic mass is 9.76. The summed E-state index contributed by atoms with van der Waals surface area (Å²) in [5, 5.41) is 10.7. The van der Waals surface area contributed by atoms with Gasteiger partial charge in [-0.05, 0) is 42.7 Å². The highest BCUT2D eigenvalue weighted by Crippen LogP contribution is 2.46. The fraction of sp³-hybridized carbons (Fsp3) is 0.190. The zero-order chi connectivity index (χ0) is 19.8. The van der Waals surface area contributed by atoms with Crippen LogP contribution in [0, 0.1) is 11.3 Å². The molecule has 1 atom stereocenters. The number of carbonyl (C=O) groups is 1. The third-order valence-corrected chi connectivity index (χ3v) is 5.83. The molecule has 140 valence electrons. The molecule has 0 bridgehead atoms. The van der Waals surface area contributed by atoms with Crippen molar-refractivity contribution in [2.45, 2.75) is 25.2 Å². The van der Waals surface area contributed by atoms with E-state index in [1.807, 2.05) is 6.07 Å². The number of rotatable bonds is 2. The Hall–Kier alpha value is -2.81. The van der Waals surface area contributed by atoms with Gasteiger partial charge in [0.2, 0.25) is 0 Å². The van der Waals surface area contributed by atoms with Gasteiger partial charge in [0.15, 0.2) is 5.78 Å².